The fourth-order valence-electron chi connectivity index (χ4n) is 1.76. The summed E-state index contributed by atoms with van der Waals surface area (Å²) >= 11 is 0. The summed E-state index contributed by atoms with van der Waals surface area (Å²) in [4.78, 5) is 0. The van der Waals surface area contributed by atoms with Gasteiger partial charge in [0.15, 0.2) is 0 Å². The summed E-state index contributed by atoms with van der Waals surface area (Å²) in [5.74, 6) is 0.622. The molecule has 0 amide bonds. The van der Waals surface area contributed by atoms with Gasteiger partial charge < -0.3 is 11.1 Å². The van der Waals surface area contributed by atoms with Gasteiger partial charge in [-0.3, -0.25) is 4.68 Å². The Hall–Kier alpha value is -1.03. The molecule has 0 aliphatic heterocycles. The molecular formula is C10H18N4. The van der Waals surface area contributed by atoms with Gasteiger partial charge in [0.1, 0.15) is 5.82 Å². The lowest BCUT2D eigenvalue weighted by Crippen LogP contribution is -2.35. The third kappa shape index (κ3) is 1.90. The van der Waals surface area contributed by atoms with Crippen molar-refractivity contribution in [3.63, 3.8) is 0 Å². The Labute approximate surface area is 84.5 Å². The molecule has 1 heterocycles. The number of nitrogens with one attached hydrogen (secondary N) is 1. The Kier molecular flexibility index (Phi) is 2.72. The van der Waals surface area contributed by atoms with Gasteiger partial charge in [-0.25, -0.2) is 0 Å². The summed E-state index contributed by atoms with van der Waals surface area (Å²) in [7, 11) is 0. The summed E-state index contributed by atoms with van der Waals surface area (Å²) in [5.41, 5.74) is 6.84. The fraction of sp³-hybridized carbons (Fsp3) is 0.700. The van der Waals surface area contributed by atoms with E-state index in [4.69, 9.17) is 5.73 Å². The highest BCUT2D eigenvalue weighted by Crippen LogP contribution is 2.18. The third-order valence-electron chi connectivity index (χ3n) is 2.86. The van der Waals surface area contributed by atoms with Crippen molar-refractivity contribution in [1.82, 2.24) is 15.1 Å². The maximum atomic E-state index is 5.65. The zero-order chi connectivity index (χ0) is 9.97. The van der Waals surface area contributed by atoms with Crippen LogP contribution in [0.2, 0.25) is 0 Å². The molecule has 0 saturated heterocycles. The molecule has 1 saturated carbocycles. The number of hydrogen-bond acceptors (Lipinski definition) is 3. The minimum Gasteiger partial charge on any atom is -0.382 e. The molecule has 78 valence electrons. The van der Waals surface area contributed by atoms with Gasteiger partial charge >= 0.3 is 0 Å². The fourth-order valence-corrected chi connectivity index (χ4v) is 1.76. The lowest BCUT2D eigenvalue weighted by molar-refractivity contribution is 0.334. The predicted molar refractivity (Wildman–Crippen MR) is 56.8 cm³/mol. The molecule has 1 aliphatic rings. The number of nitrogens with two attached hydrogens (primary N) is 1. The number of nitrogen functional groups attached to an aromatic ring is 1. The van der Waals surface area contributed by atoms with Gasteiger partial charge in [-0.2, -0.15) is 5.10 Å². The number of hydrogen-bond donors (Lipinski definition) is 2. The normalized spacial score (nSPS) is 16.9. The van der Waals surface area contributed by atoms with E-state index >= 15 is 0 Å². The van der Waals surface area contributed by atoms with Gasteiger partial charge in [-0.1, -0.05) is 6.42 Å². The Morgan fingerprint density at radius 3 is 3.00 bits per heavy atom. The largest absolute Gasteiger partial charge is 0.382 e. The highest BCUT2D eigenvalue weighted by Gasteiger charge is 2.16. The van der Waals surface area contributed by atoms with Crippen LogP contribution < -0.4 is 11.1 Å². The van der Waals surface area contributed by atoms with Crippen molar-refractivity contribution in [2.24, 2.45) is 0 Å². The van der Waals surface area contributed by atoms with E-state index in [-0.39, 0.29) is 0 Å². The van der Waals surface area contributed by atoms with E-state index in [0.29, 0.717) is 5.82 Å². The van der Waals surface area contributed by atoms with Crippen molar-refractivity contribution >= 4 is 5.82 Å². The number of nitrogens with zero attached hydrogens (tertiary/aromatic N) is 2. The summed E-state index contributed by atoms with van der Waals surface area (Å²) < 4.78 is 1.96. The SMILES string of the molecule is CCn1nc(N)cc1CNC1CCC1. The number of anilines is 1. The molecule has 0 bridgehead atoms. The monoisotopic (exact) mass is 194 g/mol. The van der Waals surface area contributed by atoms with Gasteiger partial charge in [0.25, 0.3) is 0 Å². The Morgan fingerprint density at radius 1 is 1.64 bits per heavy atom. The number of rotatable bonds is 4. The molecule has 1 fully saturated rings. The van der Waals surface area contributed by atoms with E-state index in [9.17, 15) is 0 Å². The first-order valence-corrected chi connectivity index (χ1v) is 5.35. The van der Waals surface area contributed by atoms with E-state index in [2.05, 4.69) is 17.3 Å². The average Bonchev–Trinajstić information content (AvgIpc) is 2.43. The van der Waals surface area contributed by atoms with Crippen LogP contribution in [0.3, 0.4) is 0 Å². The van der Waals surface area contributed by atoms with E-state index < -0.39 is 0 Å². The second kappa shape index (κ2) is 4.00. The second-order valence-corrected chi connectivity index (χ2v) is 3.89. The molecule has 0 spiro atoms. The molecule has 2 rings (SSSR count). The molecule has 1 aromatic rings. The molecule has 14 heavy (non-hydrogen) atoms. The van der Waals surface area contributed by atoms with Crippen LogP contribution in [0.15, 0.2) is 6.07 Å². The van der Waals surface area contributed by atoms with E-state index in [1.54, 1.807) is 0 Å². The van der Waals surface area contributed by atoms with Gasteiger partial charge in [-0.15, -0.1) is 0 Å². The third-order valence-corrected chi connectivity index (χ3v) is 2.86. The predicted octanol–water partition coefficient (Wildman–Crippen LogP) is 1.13. The summed E-state index contributed by atoms with van der Waals surface area (Å²) in [5, 5.41) is 7.71. The molecule has 1 aromatic heterocycles. The van der Waals surface area contributed by atoms with Gasteiger partial charge in [0, 0.05) is 25.2 Å². The Bertz CT molecular complexity index is 301. The first kappa shape index (κ1) is 9.52. The molecule has 4 nitrogen and oxygen atoms in total. The van der Waals surface area contributed by atoms with E-state index in [0.717, 1.165) is 19.1 Å². The highest BCUT2D eigenvalue weighted by molar-refractivity contribution is 5.29. The van der Waals surface area contributed by atoms with Crippen LogP contribution in [0.1, 0.15) is 31.9 Å². The van der Waals surface area contributed by atoms with Crippen LogP contribution in [-0.4, -0.2) is 15.8 Å². The Morgan fingerprint density at radius 2 is 2.43 bits per heavy atom. The minimum absolute atomic E-state index is 0.622. The van der Waals surface area contributed by atoms with E-state index in [1.165, 1.54) is 25.0 Å². The molecule has 0 unspecified atom stereocenters. The first-order chi connectivity index (χ1) is 6.79. The summed E-state index contributed by atoms with van der Waals surface area (Å²) in [6.45, 7) is 3.86. The number of aryl methyl sites for hydroxylation is 1. The highest BCUT2D eigenvalue weighted by atomic mass is 15.3. The maximum absolute atomic E-state index is 5.65. The maximum Gasteiger partial charge on any atom is 0.145 e. The summed E-state index contributed by atoms with van der Waals surface area (Å²) in [6.07, 6.45) is 4.00. The van der Waals surface area contributed by atoms with Crippen LogP contribution >= 0.6 is 0 Å². The number of aromatic nitrogens is 2. The van der Waals surface area contributed by atoms with Gasteiger partial charge in [0.05, 0.1) is 5.69 Å². The van der Waals surface area contributed by atoms with Crippen LogP contribution in [0.25, 0.3) is 0 Å². The first-order valence-electron chi connectivity index (χ1n) is 5.35. The molecule has 0 aromatic carbocycles. The molecular weight excluding hydrogens is 176 g/mol. The zero-order valence-corrected chi connectivity index (χ0v) is 8.66. The smallest absolute Gasteiger partial charge is 0.145 e. The van der Waals surface area contributed by atoms with Gasteiger partial charge in [0.2, 0.25) is 0 Å². The van der Waals surface area contributed by atoms with Gasteiger partial charge in [-0.05, 0) is 19.8 Å². The van der Waals surface area contributed by atoms with E-state index in [1.807, 2.05) is 10.7 Å². The van der Waals surface area contributed by atoms with Crippen molar-refractivity contribution in [1.29, 1.82) is 0 Å². The molecule has 0 atom stereocenters. The van der Waals surface area contributed by atoms with Crippen molar-refractivity contribution < 1.29 is 0 Å². The van der Waals surface area contributed by atoms with Crippen molar-refractivity contribution in [2.45, 2.75) is 45.3 Å². The summed E-state index contributed by atoms with van der Waals surface area (Å²) in [6, 6.07) is 2.67. The lowest BCUT2D eigenvalue weighted by Gasteiger charge is -2.26. The van der Waals surface area contributed by atoms with Crippen LogP contribution in [0, 0.1) is 0 Å². The van der Waals surface area contributed by atoms with Crippen LogP contribution in [0.4, 0.5) is 5.82 Å². The Balaban J connectivity index is 1.92. The molecule has 4 heteroatoms. The van der Waals surface area contributed by atoms with Crippen molar-refractivity contribution in [2.75, 3.05) is 5.73 Å². The lowest BCUT2D eigenvalue weighted by atomic mass is 9.93. The van der Waals surface area contributed by atoms with Crippen molar-refractivity contribution in [3.8, 4) is 0 Å². The average molecular weight is 194 g/mol. The standard InChI is InChI=1S/C10H18N4/c1-2-14-9(6-10(11)13-14)7-12-8-4-3-5-8/h6,8,12H,2-5,7H2,1H3,(H2,11,13). The molecule has 0 radical (unpaired) electrons. The molecule has 3 N–H and O–H groups in total. The second-order valence-electron chi connectivity index (χ2n) is 3.89. The quantitative estimate of drug-likeness (QED) is 0.755. The van der Waals surface area contributed by atoms with Crippen molar-refractivity contribution in [3.05, 3.63) is 11.8 Å². The van der Waals surface area contributed by atoms with Crippen LogP contribution in [-0.2, 0) is 13.1 Å². The minimum atomic E-state index is 0.622. The topological polar surface area (TPSA) is 55.9 Å². The van der Waals surface area contributed by atoms with Crippen LogP contribution in [0.5, 0.6) is 0 Å². The zero-order valence-electron chi connectivity index (χ0n) is 8.66. The molecule has 1 aliphatic carbocycles.